The molecule has 1 amide bonds. The third-order valence-corrected chi connectivity index (χ3v) is 1.51. The van der Waals surface area contributed by atoms with Crippen LogP contribution in [0, 0.1) is 0 Å². The molecule has 0 spiro atoms. The molecule has 6 nitrogen and oxygen atoms in total. The Labute approximate surface area is 82.6 Å². The molecule has 0 aromatic heterocycles. The van der Waals surface area contributed by atoms with Crippen LogP contribution in [0.5, 0.6) is 0 Å². The van der Waals surface area contributed by atoms with Crippen LogP contribution in [0.15, 0.2) is 0 Å². The topological polar surface area (TPSA) is 87.7 Å². The second-order valence-corrected chi connectivity index (χ2v) is 2.68. The summed E-state index contributed by atoms with van der Waals surface area (Å²) < 4.78 is 4.68. The Morgan fingerprint density at radius 3 is 2.57 bits per heavy atom. The van der Waals surface area contributed by atoms with Crippen molar-refractivity contribution in [1.82, 2.24) is 10.6 Å². The summed E-state index contributed by atoms with van der Waals surface area (Å²) in [5.41, 5.74) is 0. The minimum absolute atomic E-state index is 0.0197. The van der Waals surface area contributed by atoms with Gasteiger partial charge in [-0.1, -0.05) is 0 Å². The molecule has 0 aromatic rings. The predicted molar refractivity (Wildman–Crippen MR) is 50.0 cm³/mol. The average molecular weight is 204 g/mol. The van der Waals surface area contributed by atoms with E-state index in [2.05, 4.69) is 15.4 Å². The van der Waals surface area contributed by atoms with Crippen LogP contribution < -0.4 is 10.6 Å². The number of rotatable bonds is 7. The Morgan fingerprint density at radius 1 is 1.50 bits per heavy atom. The number of methoxy groups -OCH3 is 1. The number of carbonyl (C=O) groups excluding carboxylic acids is 1. The van der Waals surface area contributed by atoms with Gasteiger partial charge in [-0.2, -0.15) is 0 Å². The normalized spacial score (nSPS) is 12.1. The zero-order valence-corrected chi connectivity index (χ0v) is 8.37. The highest BCUT2D eigenvalue weighted by Crippen LogP contribution is 1.84. The highest BCUT2D eigenvalue weighted by Gasteiger charge is 2.17. The van der Waals surface area contributed by atoms with E-state index >= 15 is 0 Å². The fourth-order valence-electron chi connectivity index (χ4n) is 0.860. The molecule has 0 rings (SSSR count). The van der Waals surface area contributed by atoms with Crippen molar-refractivity contribution in [3.8, 4) is 0 Å². The lowest BCUT2D eigenvalue weighted by molar-refractivity contribution is -0.140. The zero-order chi connectivity index (χ0) is 11.0. The minimum Gasteiger partial charge on any atom is -0.480 e. The third kappa shape index (κ3) is 5.50. The van der Waals surface area contributed by atoms with E-state index in [0.29, 0.717) is 6.54 Å². The van der Waals surface area contributed by atoms with Gasteiger partial charge < -0.3 is 15.2 Å². The molecule has 0 saturated carbocycles. The summed E-state index contributed by atoms with van der Waals surface area (Å²) in [7, 11) is 1.41. The second kappa shape index (κ2) is 7.28. The van der Waals surface area contributed by atoms with Gasteiger partial charge >= 0.3 is 5.97 Å². The van der Waals surface area contributed by atoms with Gasteiger partial charge in [0, 0.05) is 13.7 Å². The highest BCUT2D eigenvalue weighted by molar-refractivity contribution is 5.79. The van der Waals surface area contributed by atoms with Crippen molar-refractivity contribution >= 4 is 11.9 Å². The van der Waals surface area contributed by atoms with Crippen LogP contribution in [0.2, 0.25) is 0 Å². The van der Waals surface area contributed by atoms with E-state index in [9.17, 15) is 9.59 Å². The van der Waals surface area contributed by atoms with Gasteiger partial charge in [-0.3, -0.25) is 14.9 Å². The molecule has 1 unspecified atom stereocenters. The van der Waals surface area contributed by atoms with Crippen LogP contribution in [0.4, 0.5) is 0 Å². The maximum absolute atomic E-state index is 11.0. The van der Waals surface area contributed by atoms with Crippen LogP contribution in [-0.4, -0.2) is 49.8 Å². The monoisotopic (exact) mass is 204 g/mol. The lowest BCUT2D eigenvalue weighted by Crippen LogP contribution is -2.45. The van der Waals surface area contributed by atoms with Crippen molar-refractivity contribution in [3.05, 3.63) is 0 Å². The Balaban J connectivity index is 3.81. The fourth-order valence-corrected chi connectivity index (χ4v) is 0.860. The smallest absolute Gasteiger partial charge is 0.323 e. The molecule has 14 heavy (non-hydrogen) atoms. The van der Waals surface area contributed by atoms with Crippen LogP contribution >= 0.6 is 0 Å². The summed E-state index contributed by atoms with van der Waals surface area (Å²) in [6.07, 6.45) is 0. The lowest BCUT2D eigenvalue weighted by Gasteiger charge is -2.12. The standard InChI is InChI=1S/C8H16N2O4/c1-3-9-7(11)4-10-6(5-14-2)8(12)13/h6,10H,3-5H2,1-2H3,(H,9,11)(H,12,13). The molecule has 0 heterocycles. The van der Waals surface area contributed by atoms with E-state index in [1.54, 1.807) is 6.92 Å². The number of ether oxygens (including phenoxy) is 1. The molecule has 0 aliphatic carbocycles. The molecule has 0 aromatic carbocycles. The molecule has 0 aliphatic heterocycles. The van der Waals surface area contributed by atoms with E-state index in [4.69, 9.17) is 5.11 Å². The first-order valence-electron chi connectivity index (χ1n) is 4.33. The van der Waals surface area contributed by atoms with Crippen molar-refractivity contribution in [2.24, 2.45) is 0 Å². The first-order chi connectivity index (χ1) is 6.61. The number of aliphatic carboxylic acids is 1. The summed E-state index contributed by atoms with van der Waals surface area (Å²) in [4.78, 5) is 21.6. The number of carboxylic acid groups (broad SMARTS) is 1. The van der Waals surface area contributed by atoms with Gasteiger partial charge in [0.05, 0.1) is 13.2 Å². The summed E-state index contributed by atoms with van der Waals surface area (Å²) in [6, 6.07) is -0.845. The van der Waals surface area contributed by atoms with E-state index < -0.39 is 12.0 Å². The Kier molecular flexibility index (Phi) is 6.69. The van der Waals surface area contributed by atoms with Crippen molar-refractivity contribution in [2.45, 2.75) is 13.0 Å². The SMILES string of the molecule is CCNC(=O)CNC(COC)C(=O)O. The molecule has 82 valence electrons. The summed E-state index contributed by atoms with van der Waals surface area (Å²) in [5, 5.41) is 13.8. The minimum atomic E-state index is -1.03. The van der Waals surface area contributed by atoms with E-state index in [-0.39, 0.29) is 19.1 Å². The molecular formula is C8H16N2O4. The number of likely N-dealkylation sites (N-methyl/N-ethyl adjacent to an activating group) is 1. The van der Waals surface area contributed by atoms with E-state index in [1.165, 1.54) is 7.11 Å². The lowest BCUT2D eigenvalue weighted by atomic mass is 10.3. The van der Waals surface area contributed by atoms with Crippen molar-refractivity contribution in [2.75, 3.05) is 26.8 Å². The van der Waals surface area contributed by atoms with Gasteiger partial charge in [-0.25, -0.2) is 0 Å². The number of amides is 1. The summed E-state index contributed by atoms with van der Waals surface area (Å²) in [5.74, 6) is -1.26. The van der Waals surface area contributed by atoms with Crippen LogP contribution in [0.3, 0.4) is 0 Å². The highest BCUT2D eigenvalue weighted by atomic mass is 16.5. The molecule has 0 saturated heterocycles. The summed E-state index contributed by atoms with van der Waals surface area (Å²) >= 11 is 0. The first-order valence-corrected chi connectivity index (χ1v) is 4.33. The number of hydrogen-bond acceptors (Lipinski definition) is 4. The van der Waals surface area contributed by atoms with Crippen LogP contribution in [0.25, 0.3) is 0 Å². The van der Waals surface area contributed by atoms with Crippen LogP contribution in [-0.2, 0) is 14.3 Å². The van der Waals surface area contributed by atoms with Gasteiger partial charge in [0.1, 0.15) is 6.04 Å². The molecule has 0 aliphatic rings. The van der Waals surface area contributed by atoms with Gasteiger partial charge in [0.15, 0.2) is 0 Å². The third-order valence-electron chi connectivity index (χ3n) is 1.51. The van der Waals surface area contributed by atoms with Crippen LogP contribution in [0.1, 0.15) is 6.92 Å². The predicted octanol–water partition coefficient (Wildman–Crippen LogP) is -1.19. The Morgan fingerprint density at radius 2 is 2.14 bits per heavy atom. The van der Waals surface area contributed by atoms with Crippen molar-refractivity contribution < 1.29 is 19.4 Å². The zero-order valence-electron chi connectivity index (χ0n) is 8.37. The van der Waals surface area contributed by atoms with Gasteiger partial charge in [0.25, 0.3) is 0 Å². The summed E-state index contributed by atoms with van der Waals surface area (Å²) in [6.45, 7) is 2.34. The van der Waals surface area contributed by atoms with Gasteiger partial charge in [-0.15, -0.1) is 0 Å². The number of carbonyl (C=O) groups is 2. The molecular weight excluding hydrogens is 188 g/mol. The quantitative estimate of drug-likeness (QED) is 0.485. The fraction of sp³-hybridized carbons (Fsp3) is 0.750. The molecule has 3 N–H and O–H groups in total. The molecule has 1 atom stereocenters. The Bertz CT molecular complexity index is 196. The van der Waals surface area contributed by atoms with E-state index in [0.717, 1.165) is 0 Å². The van der Waals surface area contributed by atoms with Crippen molar-refractivity contribution in [3.63, 3.8) is 0 Å². The number of carboxylic acids is 1. The van der Waals surface area contributed by atoms with Crippen molar-refractivity contribution in [1.29, 1.82) is 0 Å². The van der Waals surface area contributed by atoms with E-state index in [1.807, 2.05) is 0 Å². The van der Waals surface area contributed by atoms with Gasteiger partial charge in [-0.05, 0) is 6.92 Å². The molecule has 0 radical (unpaired) electrons. The second-order valence-electron chi connectivity index (χ2n) is 2.68. The number of hydrogen-bond donors (Lipinski definition) is 3. The average Bonchev–Trinajstić information content (AvgIpc) is 2.12. The maximum atomic E-state index is 11.0. The molecule has 0 fully saturated rings. The number of nitrogens with one attached hydrogen (secondary N) is 2. The van der Waals surface area contributed by atoms with Gasteiger partial charge in [0.2, 0.25) is 5.91 Å². The molecule has 6 heteroatoms. The Hall–Kier alpha value is -1.14. The maximum Gasteiger partial charge on any atom is 0.323 e. The molecule has 0 bridgehead atoms. The first kappa shape index (κ1) is 12.9. The largest absolute Gasteiger partial charge is 0.480 e.